The number of amides is 1. The second-order valence-corrected chi connectivity index (χ2v) is 7.39. The fraction of sp³-hybridized carbons (Fsp3) is 0.364. The lowest BCUT2D eigenvalue weighted by molar-refractivity contribution is 0.0688. The molecule has 0 saturated carbocycles. The molecule has 2 N–H and O–H groups in total. The first-order valence-corrected chi connectivity index (χ1v) is 9.62. The van der Waals surface area contributed by atoms with Crippen LogP contribution in [0, 0.1) is 0 Å². The first kappa shape index (κ1) is 17.6. The van der Waals surface area contributed by atoms with E-state index in [2.05, 4.69) is 11.4 Å². The lowest BCUT2D eigenvalue weighted by Gasteiger charge is -2.34. The fourth-order valence-electron chi connectivity index (χ4n) is 4.22. The second kappa shape index (κ2) is 7.43. The first-order valence-electron chi connectivity index (χ1n) is 9.62. The van der Waals surface area contributed by atoms with Crippen LogP contribution < -0.4 is 5.32 Å². The van der Waals surface area contributed by atoms with Crippen LogP contribution in [0.2, 0.25) is 0 Å². The highest BCUT2D eigenvalue weighted by Gasteiger charge is 2.28. The molecule has 2 aromatic rings. The number of hydrogen-bond acceptors (Lipinski definition) is 3. The number of hydrogen-bond donors (Lipinski definition) is 2. The Morgan fingerprint density at radius 1 is 1.11 bits per heavy atom. The number of carbonyl (C=O) groups excluding carboxylic acids is 1. The van der Waals surface area contributed by atoms with Crippen molar-refractivity contribution < 1.29 is 14.7 Å². The summed E-state index contributed by atoms with van der Waals surface area (Å²) >= 11 is 0. The molecule has 0 aromatic heterocycles. The number of fused-ring (bicyclic) bond motifs is 1. The van der Waals surface area contributed by atoms with E-state index in [9.17, 15) is 14.7 Å². The van der Waals surface area contributed by atoms with Gasteiger partial charge in [0.05, 0.1) is 16.8 Å². The molecule has 2 aliphatic heterocycles. The summed E-state index contributed by atoms with van der Waals surface area (Å²) in [4.78, 5) is 26.4. The zero-order valence-corrected chi connectivity index (χ0v) is 15.3. The Kier molecular flexibility index (Phi) is 4.84. The van der Waals surface area contributed by atoms with Crippen LogP contribution >= 0.6 is 0 Å². The van der Waals surface area contributed by atoms with Crippen molar-refractivity contribution in [2.45, 2.75) is 31.6 Å². The summed E-state index contributed by atoms with van der Waals surface area (Å²) < 4.78 is 0. The Bertz CT molecular complexity index is 878. The molecule has 0 bridgehead atoms. The smallest absolute Gasteiger partial charge is 0.335 e. The van der Waals surface area contributed by atoms with Gasteiger partial charge in [-0.1, -0.05) is 24.3 Å². The number of nitrogens with one attached hydrogen (secondary N) is 1. The molecule has 4 rings (SSSR count). The average molecular weight is 364 g/mol. The van der Waals surface area contributed by atoms with Gasteiger partial charge < -0.3 is 15.3 Å². The van der Waals surface area contributed by atoms with Crippen molar-refractivity contribution in [2.24, 2.45) is 0 Å². The molecule has 2 heterocycles. The maximum atomic E-state index is 13.2. The number of aromatic carboxylic acids is 1. The monoisotopic (exact) mass is 364 g/mol. The van der Waals surface area contributed by atoms with Crippen molar-refractivity contribution in [1.82, 2.24) is 4.90 Å². The summed E-state index contributed by atoms with van der Waals surface area (Å²) in [5, 5.41) is 12.6. The highest BCUT2D eigenvalue weighted by Crippen LogP contribution is 2.31. The predicted octanol–water partition coefficient (Wildman–Crippen LogP) is 3.76. The molecule has 0 unspecified atom stereocenters. The Morgan fingerprint density at radius 3 is 2.81 bits per heavy atom. The van der Waals surface area contributed by atoms with Gasteiger partial charge in [0, 0.05) is 25.6 Å². The Balaban J connectivity index is 1.56. The maximum Gasteiger partial charge on any atom is 0.335 e. The number of nitrogens with zero attached hydrogens (tertiary/aromatic N) is 1. The van der Waals surface area contributed by atoms with Gasteiger partial charge in [0.15, 0.2) is 0 Å². The Hall–Kier alpha value is -2.82. The van der Waals surface area contributed by atoms with E-state index < -0.39 is 5.97 Å². The number of piperidine rings is 1. The molecule has 2 aliphatic rings. The molecule has 5 heteroatoms. The third-order valence-electron chi connectivity index (χ3n) is 5.62. The van der Waals surface area contributed by atoms with Crippen molar-refractivity contribution in [2.75, 3.05) is 25.0 Å². The summed E-state index contributed by atoms with van der Waals surface area (Å²) in [6.07, 6.45) is 4.00. The van der Waals surface area contributed by atoms with E-state index in [0.29, 0.717) is 12.1 Å². The number of aryl methyl sites for hydroxylation is 1. The summed E-state index contributed by atoms with van der Waals surface area (Å²) in [6.45, 7) is 2.28. The predicted molar refractivity (Wildman–Crippen MR) is 105 cm³/mol. The van der Waals surface area contributed by atoms with Crippen LogP contribution in [0.3, 0.4) is 0 Å². The minimum absolute atomic E-state index is 0.0698. The van der Waals surface area contributed by atoms with Gasteiger partial charge >= 0.3 is 5.97 Å². The lowest BCUT2D eigenvalue weighted by atomic mass is 9.89. The number of anilines is 1. The van der Waals surface area contributed by atoms with Crippen LogP contribution in [0.4, 0.5) is 5.69 Å². The number of para-hydroxylation sites is 1. The van der Waals surface area contributed by atoms with Crippen LogP contribution in [0.15, 0.2) is 42.5 Å². The summed E-state index contributed by atoms with van der Waals surface area (Å²) in [6, 6.07) is 13.1. The summed E-state index contributed by atoms with van der Waals surface area (Å²) in [5.74, 6) is -0.669. The zero-order valence-electron chi connectivity index (χ0n) is 15.3. The Labute approximate surface area is 159 Å². The van der Waals surface area contributed by atoms with Gasteiger partial charge in [-0.15, -0.1) is 0 Å². The number of carbonyl (C=O) groups is 2. The standard InChI is InChI=1S/C22H24N2O3/c25-21(19-10-2-5-15-8-3-11-23-20(15)19)24-12-4-9-18(14-24)16-6-1-7-17(13-16)22(26)27/h1-2,5-7,10,13,18,23H,3-4,8-9,11-12,14H2,(H,26,27)/t18-/m0/s1. The number of carboxylic acids is 1. The van der Waals surface area contributed by atoms with E-state index in [0.717, 1.165) is 55.6 Å². The summed E-state index contributed by atoms with van der Waals surface area (Å²) in [5.41, 5.74) is 4.27. The van der Waals surface area contributed by atoms with Gasteiger partial charge in [-0.05, 0) is 55.0 Å². The minimum atomic E-state index is -0.914. The quantitative estimate of drug-likeness (QED) is 0.870. The zero-order chi connectivity index (χ0) is 18.8. The first-order chi connectivity index (χ1) is 13.1. The number of rotatable bonds is 3. The van der Waals surface area contributed by atoms with Crippen LogP contribution in [0.1, 0.15) is 57.0 Å². The highest BCUT2D eigenvalue weighted by atomic mass is 16.4. The number of likely N-dealkylation sites (tertiary alicyclic amines) is 1. The molecule has 5 nitrogen and oxygen atoms in total. The molecule has 1 atom stereocenters. The van der Waals surface area contributed by atoms with Gasteiger partial charge in [0.2, 0.25) is 0 Å². The lowest BCUT2D eigenvalue weighted by Crippen LogP contribution is -2.39. The van der Waals surface area contributed by atoms with Crippen molar-refractivity contribution in [1.29, 1.82) is 0 Å². The fourth-order valence-corrected chi connectivity index (χ4v) is 4.22. The van der Waals surface area contributed by atoms with E-state index >= 15 is 0 Å². The Morgan fingerprint density at radius 2 is 1.96 bits per heavy atom. The van der Waals surface area contributed by atoms with Gasteiger partial charge in [-0.25, -0.2) is 4.79 Å². The van der Waals surface area contributed by atoms with E-state index in [1.165, 1.54) is 5.56 Å². The summed E-state index contributed by atoms with van der Waals surface area (Å²) in [7, 11) is 0. The molecular weight excluding hydrogens is 340 g/mol. The number of carboxylic acid groups (broad SMARTS) is 1. The molecule has 140 valence electrons. The van der Waals surface area contributed by atoms with Crippen molar-refractivity contribution in [3.8, 4) is 0 Å². The van der Waals surface area contributed by atoms with Gasteiger partial charge in [0.25, 0.3) is 5.91 Å². The van der Waals surface area contributed by atoms with Crippen LogP contribution in [-0.4, -0.2) is 41.5 Å². The molecule has 1 saturated heterocycles. The third-order valence-corrected chi connectivity index (χ3v) is 5.62. The van der Waals surface area contributed by atoms with E-state index in [-0.39, 0.29) is 11.8 Å². The molecule has 27 heavy (non-hydrogen) atoms. The topological polar surface area (TPSA) is 69.6 Å². The van der Waals surface area contributed by atoms with Gasteiger partial charge in [0.1, 0.15) is 0 Å². The molecule has 0 spiro atoms. The van der Waals surface area contributed by atoms with Gasteiger partial charge in [-0.2, -0.15) is 0 Å². The molecule has 2 aromatic carbocycles. The van der Waals surface area contributed by atoms with E-state index in [1.54, 1.807) is 18.2 Å². The highest BCUT2D eigenvalue weighted by molar-refractivity contribution is 6.00. The molecule has 0 aliphatic carbocycles. The molecule has 0 radical (unpaired) electrons. The minimum Gasteiger partial charge on any atom is -0.478 e. The number of benzene rings is 2. The molecule has 1 fully saturated rings. The van der Waals surface area contributed by atoms with Crippen LogP contribution in [0.5, 0.6) is 0 Å². The van der Waals surface area contributed by atoms with Gasteiger partial charge in [-0.3, -0.25) is 4.79 Å². The maximum absolute atomic E-state index is 13.2. The SMILES string of the molecule is O=C(O)c1cccc([C@H]2CCCN(C(=O)c3cccc4c3NCCC4)C2)c1. The van der Waals surface area contributed by atoms with Crippen LogP contribution in [-0.2, 0) is 6.42 Å². The van der Waals surface area contributed by atoms with E-state index in [4.69, 9.17) is 0 Å². The second-order valence-electron chi connectivity index (χ2n) is 7.39. The third kappa shape index (κ3) is 3.54. The van der Waals surface area contributed by atoms with Crippen molar-refractivity contribution >= 4 is 17.6 Å². The van der Waals surface area contributed by atoms with E-state index in [1.807, 2.05) is 23.1 Å². The normalized spacial score (nSPS) is 19.1. The molecular formula is C22H24N2O3. The largest absolute Gasteiger partial charge is 0.478 e. The van der Waals surface area contributed by atoms with Crippen molar-refractivity contribution in [3.05, 3.63) is 64.7 Å². The molecule has 1 amide bonds. The van der Waals surface area contributed by atoms with Crippen LogP contribution in [0.25, 0.3) is 0 Å². The average Bonchev–Trinajstić information content (AvgIpc) is 2.73. The van der Waals surface area contributed by atoms with Crippen molar-refractivity contribution in [3.63, 3.8) is 0 Å².